The minimum atomic E-state index is -0.334. The Morgan fingerprint density at radius 2 is 2.00 bits per heavy atom. The van der Waals surface area contributed by atoms with Crippen molar-refractivity contribution in [3.63, 3.8) is 0 Å². The van der Waals surface area contributed by atoms with Crippen LogP contribution in [0.2, 0.25) is 0 Å². The zero-order valence-corrected chi connectivity index (χ0v) is 12.3. The SMILES string of the molecule is Nc1nc(SC(C(=O)N2CCCC2)c2ccccc2)n[nH]1. The van der Waals surface area contributed by atoms with Crippen LogP contribution in [0.4, 0.5) is 5.95 Å². The number of nitrogen functional groups attached to an aromatic ring is 1. The number of hydrogen-bond acceptors (Lipinski definition) is 5. The second kappa shape index (κ2) is 6.17. The summed E-state index contributed by atoms with van der Waals surface area (Å²) in [6, 6.07) is 9.73. The molecule has 1 fully saturated rings. The van der Waals surface area contributed by atoms with E-state index in [2.05, 4.69) is 15.2 Å². The van der Waals surface area contributed by atoms with E-state index in [0.717, 1.165) is 31.5 Å². The number of carbonyl (C=O) groups is 1. The van der Waals surface area contributed by atoms with E-state index in [1.165, 1.54) is 11.8 Å². The number of anilines is 1. The highest BCUT2D eigenvalue weighted by Gasteiger charge is 2.29. The zero-order valence-electron chi connectivity index (χ0n) is 11.5. The van der Waals surface area contributed by atoms with E-state index in [1.807, 2.05) is 35.2 Å². The number of H-pyrrole nitrogens is 1. The zero-order chi connectivity index (χ0) is 14.7. The number of hydrogen-bond donors (Lipinski definition) is 2. The van der Waals surface area contributed by atoms with Gasteiger partial charge in [-0.25, -0.2) is 5.10 Å². The molecule has 1 amide bonds. The Morgan fingerprint density at radius 1 is 1.29 bits per heavy atom. The summed E-state index contributed by atoms with van der Waals surface area (Å²) in [5.41, 5.74) is 6.51. The van der Waals surface area contributed by atoms with Gasteiger partial charge in [0.2, 0.25) is 17.0 Å². The molecule has 1 aromatic heterocycles. The number of thioether (sulfide) groups is 1. The van der Waals surface area contributed by atoms with Crippen molar-refractivity contribution < 1.29 is 4.79 Å². The number of benzene rings is 1. The van der Waals surface area contributed by atoms with Gasteiger partial charge in [0, 0.05) is 13.1 Å². The molecule has 0 radical (unpaired) electrons. The van der Waals surface area contributed by atoms with E-state index in [0.29, 0.717) is 5.16 Å². The van der Waals surface area contributed by atoms with Crippen molar-refractivity contribution in [1.29, 1.82) is 0 Å². The van der Waals surface area contributed by atoms with Crippen molar-refractivity contribution in [1.82, 2.24) is 20.1 Å². The molecular formula is C14H17N5OS. The van der Waals surface area contributed by atoms with Crippen molar-refractivity contribution in [3.05, 3.63) is 35.9 Å². The van der Waals surface area contributed by atoms with Crippen LogP contribution in [0, 0.1) is 0 Å². The molecule has 0 bridgehead atoms. The summed E-state index contributed by atoms with van der Waals surface area (Å²) >= 11 is 1.33. The summed E-state index contributed by atoms with van der Waals surface area (Å²) in [7, 11) is 0. The molecule has 2 heterocycles. The number of nitrogens with zero attached hydrogens (tertiary/aromatic N) is 3. The highest BCUT2D eigenvalue weighted by molar-refractivity contribution is 8.00. The van der Waals surface area contributed by atoms with Crippen molar-refractivity contribution in [2.45, 2.75) is 23.2 Å². The predicted molar refractivity (Wildman–Crippen MR) is 81.6 cm³/mol. The Labute approximate surface area is 127 Å². The van der Waals surface area contributed by atoms with Crippen LogP contribution in [0.3, 0.4) is 0 Å². The van der Waals surface area contributed by atoms with Gasteiger partial charge in [0.15, 0.2) is 0 Å². The fraction of sp³-hybridized carbons (Fsp3) is 0.357. The molecule has 1 aromatic carbocycles. The van der Waals surface area contributed by atoms with E-state index >= 15 is 0 Å². The van der Waals surface area contributed by atoms with Crippen molar-refractivity contribution >= 4 is 23.6 Å². The molecule has 3 N–H and O–H groups in total. The maximum Gasteiger partial charge on any atom is 0.240 e. The summed E-state index contributed by atoms with van der Waals surface area (Å²) in [5, 5.41) is 6.79. The molecule has 0 saturated carbocycles. The lowest BCUT2D eigenvalue weighted by Gasteiger charge is -2.22. The van der Waals surface area contributed by atoms with E-state index in [-0.39, 0.29) is 17.1 Å². The van der Waals surface area contributed by atoms with Crippen LogP contribution in [-0.2, 0) is 4.79 Å². The first-order chi connectivity index (χ1) is 10.2. The van der Waals surface area contributed by atoms with Crippen LogP contribution in [-0.4, -0.2) is 39.1 Å². The second-order valence-corrected chi connectivity index (χ2v) is 6.02. The maximum absolute atomic E-state index is 12.8. The highest BCUT2D eigenvalue weighted by atomic mass is 32.2. The predicted octanol–water partition coefficient (Wildman–Crippen LogP) is 1.84. The first-order valence-electron chi connectivity index (χ1n) is 6.92. The van der Waals surface area contributed by atoms with E-state index in [9.17, 15) is 4.79 Å². The second-order valence-electron chi connectivity index (χ2n) is 4.94. The average molecular weight is 303 g/mol. The standard InChI is InChI=1S/C14H17N5OS/c15-13-16-14(18-17-13)21-11(10-6-2-1-3-7-10)12(20)19-8-4-5-9-19/h1-3,6-7,11H,4-5,8-9H2,(H3,15,16,17,18). The van der Waals surface area contributed by atoms with Crippen LogP contribution < -0.4 is 5.73 Å². The molecule has 6 nitrogen and oxygen atoms in total. The Balaban J connectivity index is 1.85. The van der Waals surface area contributed by atoms with Gasteiger partial charge in [-0.3, -0.25) is 4.79 Å². The van der Waals surface area contributed by atoms with E-state index < -0.39 is 0 Å². The number of amides is 1. The molecule has 1 unspecified atom stereocenters. The van der Waals surface area contributed by atoms with Gasteiger partial charge < -0.3 is 10.6 Å². The summed E-state index contributed by atoms with van der Waals surface area (Å²) in [4.78, 5) is 18.8. The lowest BCUT2D eigenvalue weighted by Crippen LogP contribution is -2.31. The summed E-state index contributed by atoms with van der Waals surface area (Å²) < 4.78 is 0. The largest absolute Gasteiger partial charge is 0.368 e. The van der Waals surface area contributed by atoms with Crippen LogP contribution in [0.25, 0.3) is 0 Å². The molecule has 0 aliphatic carbocycles. The van der Waals surface area contributed by atoms with E-state index in [4.69, 9.17) is 5.73 Å². The number of aromatic nitrogens is 3. The van der Waals surface area contributed by atoms with Crippen molar-refractivity contribution in [2.75, 3.05) is 18.8 Å². The Hall–Kier alpha value is -2.02. The highest BCUT2D eigenvalue weighted by Crippen LogP contribution is 2.35. The smallest absolute Gasteiger partial charge is 0.240 e. The normalized spacial score (nSPS) is 16.1. The first kappa shape index (κ1) is 13.9. The summed E-state index contributed by atoms with van der Waals surface area (Å²) in [5.74, 6) is 0.380. The van der Waals surface area contributed by atoms with Gasteiger partial charge in [0.1, 0.15) is 5.25 Å². The number of carbonyl (C=O) groups excluding carboxylic acids is 1. The molecule has 1 aliphatic rings. The minimum Gasteiger partial charge on any atom is -0.368 e. The third-order valence-corrected chi connectivity index (χ3v) is 4.55. The van der Waals surface area contributed by atoms with Gasteiger partial charge in [-0.05, 0) is 18.4 Å². The molecule has 3 rings (SSSR count). The third-order valence-electron chi connectivity index (χ3n) is 3.45. The van der Waals surface area contributed by atoms with Gasteiger partial charge >= 0.3 is 0 Å². The molecule has 7 heteroatoms. The lowest BCUT2D eigenvalue weighted by atomic mass is 10.1. The molecular weight excluding hydrogens is 286 g/mol. The number of aromatic amines is 1. The quantitative estimate of drug-likeness (QED) is 0.842. The van der Waals surface area contributed by atoms with Gasteiger partial charge in [-0.2, -0.15) is 4.98 Å². The first-order valence-corrected chi connectivity index (χ1v) is 7.80. The van der Waals surface area contributed by atoms with Crippen molar-refractivity contribution in [2.24, 2.45) is 0 Å². The molecule has 110 valence electrons. The van der Waals surface area contributed by atoms with E-state index in [1.54, 1.807) is 0 Å². The lowest BCUT2D eigenvalue weighted by molar-refractivity contribution is -0.129. The third kappa shape index (κ3) is 3.18. The monoisotopic (exact) mass is 303 g/mol. The summed E-state index contributed by atoms with van der Waals surface area (Å²) in [6.45, 7) is 1.66. The summed E-state index contributed by atoms with van der Waals surface area (Å²) in [6.07, 6.45) is 2.15. The fourth-order valence-electron chi connectivity index (χ4n) is 2.41. The maximum atomic E-state index is 12.8. The minimum absolute atomic E-state index is 0.118. The number of nitrogens with two attached hydrogens (primary N) is 1. The molecule has 21 heavy (non-hydrogen) atoms. The van der Waals surface area contributed by atoms with Gasteiger partial charge in [-0.1, -0.05) is 42.1 Å². The topological polar surface area (TPSA) is 87.9 Å². The Kier molecular flexibility index (Phi) is 4.10. The number of nitrogens with one attached hydrogen (secondary N) is 1. The van der Waals surface area contributed by atoms with Crippen LogP contribution in [0.1, 0.15) is 23.7 Å². The van der Waals surface area contributed by atoms with Crippen LogP contribution in [0.5, 0.6) is 0 Å². The van der Waals surface area contributed by atoms with Gasteiger partial charge in [0.05, 0.1) is 0 Å². The Bertz CT molecular complexity index is 609. The number of likely N-dealkylation sites (tertiary alicyclic amines) is 1. The molecule has 1 atom stereocenters. The number of rotatable bonds is 4. The Morgan fingerprint density at radius 3 is 2.62 bits per heavy atom. The average Bonchev–Trinajstić information content (AvgIpc) is 3.16. The molecule has 1 saturated heterocycles. The van der Waals surface area contributed by atoms with Gasteiger partial charge in [-0.15, -0.1) is 5.10 Å². The van der Waals surface area contributed by atoms with Gasteiger partial charge in [0.25, 0.3) is 0 Å². The van der Waals surface area contributed by atoms with Crippen molar-refractivity contribution in [3.8, 4) is 0 Å². The fourth-order valence-corrected chi connectivity index (χ4v) is 3.41. The van der Waals surface area contributed by atoms with Crippen LogP contribution >= 0.6 is 11.8 Å². The molecule has 1 aliphatic heterocycles. The molecule has 2 aromatic rings. The van der Waals surface area contributed by atoms with Crippen LogP contribution in [0.15, 0.2) is 35.5 Å². The molecule has 0 spiro atoms.